The first-order valence-electron chi connectivity index (χ1n) is 6.40. The predicted molar refractivity (Wildman–Crippen MR) is 83.0 cm³/mol. The van der Waals surface area contributed by atoms with Crippen LogP contribution in [0.25, 0.3) is 0 Å². The number of nitrogens with one attached hydrogen (secondary N) is 1. The van der Waals surface area contributed by atoms with Crippen molar-refractivity contribution in [1.29, 1.82) is 0 Å². The fourth-order valence-corrected chi connectivity index (χ4v) is 2.46. The second kappa shape index (κ2) is 7.04. The van der Waals surface area contributed by atoms with Gasteiger partial charge in [0.2, 0.25) is 0 Å². The van der Waals surface area contributed by atoms with Crippen LogP contribution in [0.1, 0.15) is 28.4 Å². The van der Waals surface area contributed by atoms with Gasteiger partial charge in [0.15, 0.2) is 0 Å². The summed E-state index contributed by atoms with van der Waals surface area (Å²) in [5, 5.41) is 11.8. The summed E-state index contributed by atoms with van der Waals surface area (Å²) in [6, 6.07) is 15.5. The van der Waals surface area contributed by atoms with Gasteiger partial charge in [-0.05, 0) is 33.6 Å². The molecule has 0 fully saturated rings. The summed E-state index contributed by atoms with van der Waals surface area (Å²) in [7, 11) is 0. The van der Waals surface area contributed by atoms with E-state index in [2.05, 4.69) is 21.2 Å². The summed E-state index contributed by atoms with van der Waals surface area (Å²) in [4.78, 5) is 23.3. The van der Waals surface area contributed by atoms with E-state index in [1.165, 1.54) is 0 Å². The first kappa shape index (κ1) is 15.3. The minimum Gasteiger partial charge on any atom is -0.481 e. The molecule has 0 aromatic heterocycles. The molecule has 21 heavy (non-hydrogen) atoms. The van der Waals surface area contributed by atoms with E-state index in [1.807, 2.05) is 24.3 Å². The van der Waals surface area contributed by atoms with Crippen molar-refractivity contribution in [2.24, 2.45) is 0 Å². The molecule has 2 rings (SSSR count). The van der Waals surface area contributed by atoms with E-state index in [4.69, 9.17) is 5.11 Å². The zero-order valence-electron chi connectivity index (χ0n) is 11.1. The van der Waals surface area contributed by atoms with Crippen LogP contribution in [0.5, 0.6) is 0 Å². The van der Waals surface area contributed by atoms with Gasteiger partial charge in [-0.25, -0.2) is 0 Å². The SMILES string of the molecule is O=C(O)C[C@H](NC(=O)c1ccccc1Br)c1ccccc1. The lowest BCUT2D eigenvalue weighted by Crippen LogP contribution is -2.30. The maximum Gasteiger partial charge on any atom is 0.305 e. The van der Waals surface area contributed by atoms with E-state index in [0.29, 0.717) is 10.0 Å². The van der Waals surface area contributed by atoms with E-state index in [9.17, 15) is 9.59 Å². The lowest BCUT2D eigenvalue weighted by atomic mass is 10.0. The van der Waals surface area contributed by atoms with Gasteiger partial charge in [-0.1, -0.05) is 42.5 Å². The van der Waals surface area contributed by atoms with Crippen LogP contribution in [0.2, 0.25) is 0 Å². The van der Waals surface area contributed by atoms with Crippen molar-refractivity contribution in [3.8, 4) is 0 Å². The smallest absolute Gasteiger partial charge is 0.305 e. The number of hydrogen-bond donors (Lipinski definition) is 2. The van der Waals surface area contributed by atoms with Crippen LogP contribution in [0.3, 0.4) is 0 Å². The van der Waals surface area contributed by atoms with E-state index in [-0.39, 0.29) is 12.3 Å². The molecule has 0 saturated heterocycles. The molecule has 0 heterocycles. The Labute approximate surface area is 130 Å². The molecule has 0 aliphatic rings. The number of carboxylic acids is 1. The van der Waals surface area contributed by atoms with Crippen molar-refractivity contribution in [3.05, 3.63) is 70.2 Å². The van der Waals surface area contributed by atoms with Gasteiger partial charge < -0.3 is 10.4 Å². The Morgan fingerprint density at radius 1 is 1.05 bits per heavy atom. The molecule has 4 nitrogen and oxygen atoms in total. The van der Waals surface area contributed by atoms with Crippen molar-refractivity contribution in [2.75, 3.05) is 0 Å². The minimum absolute atomic E-state index is 0.166. The summed E-state index contributed by atoms with van der Waals surface area (Å²) in [6.45, 7) is 0. The average molecular weight is 348 g/mol. The molecule has 2 N–H and O–H groups in total. The number of carbonyl (C=O) groups is 2. The minimum atomic E-state index is -0.962. The lowest BCUT2D eigenvalue weighted by Gasteiger charge is -2.18. The predicted octanol–water partition coefficient (Wildman–Crippen LogP) is 3.39. The van der Waals surface area contributed by atoms with Gasteiger partial charge >= 0.3 is 5.97 Å². The molecule has 0 radical (unpaired) electrons. The molecule has 0 unspecified atom stereocenters. The molecule has 0 saturated carbocycles. The highest BCUT2D eigenvalue weighted by molar-refractivity contribution is 9.10. The molecule has 1 amide bonds. The first-order valence-corrected chi connectivity index (χ1v) is 7.19. The fourth-order valence-electron chi connectivity index (χ4n) is 1.99. The maximum absolute atomic E-state index is 12.3. The van der Waals surface area contributed by atoms with Crippen LogP contribution in [0, 0.1) is 0 Å². The Morgan fingerprint density at radius 3 is 2.29 bits per heavy atom. The quantitative estimate of drug-likeness (QED) is 0.870. The second-order valence-corrected chi connectivity index (χ2v) is 5.37. The standard InChI is InChI=1S/C16H14BrNO3/c17-13-9-5-4-8-12(13)16(21)18-14(10-15(19)20)11-6-2-1-3-7-11/h1-9,14H,10H2,(H,18,21)(H,19,20)/t14-/m0/s1. The highest BCUT2D eigenvalue weighted by atomic mass is 79.9. The van der Waals surface area contributed by atoms with Crippen molar-refractivity contribution < 1.29 is 14.7 Å². The number of rotatable bonds is 5. The lowest BCUT2D eigenvalue weighted by molar-refractivity contribution is -0.137. The van der Waals surface area contributed by atoms with E-state index < -0.39 is 12.0 Å². The Morgan fingerprint density at radius 2 is 1.67 bits per heavy atom. The number of amides is 1. The van der Waals surface area contributed by atoms with E-state index in [0.717, 1.165) is 5.56 Å². The van der Waals surface area contributed by atoms with Gasteiger partial charge in [-0.2, -0.15) is 0 Å². The molecule has 2 aromatic carbocycles. The van der Waals surface area contributed by atoms with Crippen LogP contribution >= 0.6 is 15.9 Å². The number of carboxylic acid groups (broad SMARTS) is 1. The zero-order chi connectivity index (χ0) is 15.2. The van der Waals surface area contributed by atoms with Crippen LogP contribution in [-0.2, 0) is 4.79 Å². The third-order valence-electron chi connectivity index (χ3n) is 3.00. The largest absolute Gasteiger partial charge is 0.481 e. The van der Waals surface area contributed by atoms with Gasteiger partial charge in [0.05, 0.1) is 18.0 Å². The van der Waals surface area contributed by atoms with Gasteiger partial charge in [-0.3, -0.25) is 9.59 Å². The number of halogens is 1. The van der Waals surface area contributed by atoms with E-state index in [1.54, 1.807) is 30.3 Å². The van der Waals surface area contributed by atoms with Crippen LogP contribution < -0.4 is 5.32 Å². The summed E-state index contributed by atoms with van der Waals surface area (Å²) < 4.78 is 0.671. The van der Waals surface area contributed by atoms with Crippen molar-refractivity contribution in [1.82, 2.24) is 5.32 Å². The molecule has 1 atom stereocenters. The monoisotopic (exact) mass is 347 g/mol. The summed E-state index contributed by atoms with van der Waals surface area (Å²) in [6.07, 6.45) is -0.166. The molecular formula is C16H14BrNO3. The zero-order valence-corrected chi connectivity index (χ0v) is 12.7. The van der Waals surface area contributed by atoms with Crippen molar-refractivity contribution in [2.45, 2.75) is 12.5 Å². The van der Waals surface area contributed by atoms with Crippen LogP contribution in [0.4, 0.5) is 0 Å². The fraction of sp³-hybridized carbons (Fsp3) is 0.125. The van der Waals surface area contributed by atoms with Gasteiger partial charge in [0.25, 0.3) is 5.91 Å². The summed E-state index contributed by atoms with van der Waals surface area (Å²) in [5.74, 6) is -1.27. The number of hydrogen-bond acceptors (Lipinski definition) is 2. The molecule has 0 aliphatic carbocycles. The summed E-state index contributed by atoms with van der Waals surface area (Å²) in [5.41, 5.74) is 1.24. The number of aliphatic carboxylic acids is 1. The molecule has 0 aliphatic heterocycles. The molecular weight excluding hydrogens is 334 g/mol. The van der Waals surface area contributed by atoms with E-state index >= 15 is 0 Å². The average Bonchev–Trinajstić information content (AvgIpc) is 2.47. The third-order valence-corrected chi connectivity index (χ3v) is 3.70. The molecule has 0 spiro atoms. The Hall–Kier alpha value is -2.14. The summed E-state index contributed by atoms with van der Waals surface area (Å²) >= 11 is 3.32. The van der Waals surface area contributed by atoms with Crippen molar-refractivity contribution in [3.63, 3.8) is 0 Å². The Bertz CT molecular complexity index is 643. The maximum atomic E-state index is 12.3. The topological polar surface area (TPSA) is 66.4 Å². The Balaban J connectivity index is 2.21. The molecule has 108 valence electrons. The van der Waals surface area contributed by atoms with Gasteiger partial charge in [-0.15, -0.1) is 0 Å². The molecule has 5 heteroatoms. The Kier molecular flexibility index (Phi) is 5.11. The highest BCUT2D eigenvalue weighted by Crippen LogP contribution is 2.20. The van der Waals surface area contributed by atoms with Gasteiger partial charge in [0, 0.05) is 4.47 Å². The first-order chi connectivity index (χ1) is 10.1. The third kappa shape index (κ3) is 4.16. The normalized spacial score (nSPS) is 11.7. The molecule has 0 bridgehead atoms. The van der Waals surface area contributed by atoms with Gasteiger partial charge in [0.1, 0.15) is 0 Å². The van der Waals surface area contributed by atoms with Crippen LogP contribution in [0.15, 0.2) is 59.1 Å². The highest BCUT2D eigenvalue weighted by Gasteiger charge is 2.19. The molecule has 2 aromatic rings. The second-order valence-electron chi connectivity index (χ2n) is 4.51. The van der Waals surface area contributed by atoms with Crippen molar-refractivity contribution >= 4 is 27.8 Å². The number of benzene rings is 2. The number of carbonyl (C=O) groups excluding carboxylic acids is 1. The van der Waals surface area contributed by atoms with Crippen LogP contribution in [-0.4, -0.2) is 17.0 Å².